The minimum atomic E-state index is -0.362. The fourth-order valence-electron chi connectivity index (χ4n) is 1.99. The van der Waals surface area contributed by atoms with E-state index in [4.69, 9.17) is 4.74 Å². The molecule has 2 atom stereocenters. The first-order valence-electron chi connectivity index (χ1n) is 5.52. The van der Waals surface area contributed by atoms with Gasteiger partial charge in [-0.3, -0.25) is 14.3 Å². The molecule has 0 aliphatic carbocycles. The van der Waals surface area contributed by atoms with Crippen molar-refractivity contribution in [3.05, 3.63) is 32.6 Å². The molecule has 0 radical (unpaired) electrons. The third-order valence-corrected chi connectivity index (χ3v) is 2.91. The minimum Gasteiger partial charge on any atom is -0.373 e. The smallest absolute Gasteiger partial charge is 0.328 e. The molecule has 0 aromatic carbocycles. The predicted molar refractivity (Wildman–Crippen MR) is 59.6 cm³/mol. The van der Waals surface area contributed by atoms with Gasteiger partial charge in [-0.25, -0.2) is 4.79 Å². The summed E-state index contributed by atoms with van der Waals surface area (Å²) in [6, 6.07) is 0. The third-order valence-electron chi connectivity index (χ3n) is 2.91. The first-order valence-corrected chi connectivity index (χ1v) is 5.52. The van der Waals surface area contributed by atoms with Gasteiger partial charge in [-0.1, -0.05) is 0 Å². The van der Waals surface area contributed by atoms with Crippen molar-refractivity contribution < 1.29 is 4.74 Å². The normalized spacial score (nSPS) is 24.9. The van der Waals surface area contributed by atoms with Crippen LogP contribution in [-0.2, 0) is 11.3 Å². The number of nitrogens with zero attached hydrogens (tertiary/aromatic N) is 1. The van der Waals surface area contributed by atoms with Crippen molar-refractivity contribution in [3.8, 4) is 0 Å². The number of aromatic nitrogens is 2. The van der Waals surface area contributed by atoms with Crippen molar-refractivity contribution in [1.82, 2.24) is 9.55 Å². The van der Waals surface area contributed by atoms with Crippen LogP contribution in [0.5, 0.6) is 0 Å². The van der Waals surface area contributed by atoms with Crippen LogP contribution in [0.15, 0.2) is 15.8 Å². The van der Waals surface area contributed by atoms with Gasteiger partial charge in [-0.05, 0) is 26.7 Å². The van der Waals surface area contributed by atoms with E-state index in [-0.39, 0.29) is 23.5 Å². The van der Waals surface area contributed by atoms with Gasteiger partial charge in [0.25, 0.3) is 5.56 Å². The van der Waals surface area contributed by atoms with Gasteiger partial charge in [0.15, 0.2) is 0 Å². The number of ether oxygens (including phenoxy) is 1. The van der Waals surface area contributed by atoms with E-state index in [1.54, 1.807) is 13.1 Å². The molecule has 0 spiro atoms. The van der Waals surface area contributed by atoms with Gasteiger partial charge in [-0.2, -0.15) is 0 Å². The molecule has 5 nitrogen and oxygen atoms in total. The number of hydrogen-bond donors (Lipinski definition) is 1. The Hall–Kier alpha value is -1.36. The molecule has 1 fully saturated rings. The average molecular weight is 224 g/mol. The zero-order chi connectivity index (χ0) is 11.7. The van der Waals surface area contributed by atoms with Gasteiger partial charge >= 0.3 is 5.69 Å². The summed E-state index contributed by atoms with van der Waals surface area (Å²) in [6.45, 7) is 4.23. The lowest BCUT2D eigenvalue weighted by Gasteiger charge is -2.12. The van der Waals surface area contributed by atoms with Crippen molar-refractivity contribution >= 4 is 0 Å². The van der Waals surface area contributed by atoms with E-state index in [0.29, 0.717) is 12.1 Å². The van der Waals surface area contributed by atoms with Gasteiger partial charge in [0.1, 0.15) is 0 Å². The summed E-state index contributed by atoms with van der Waals surface area (Å²) in [5.41, 5.74) is -0.133. The Bertz CT molecular complexity index is 489. The molecule has 16 heavy (non-hydrogen) atoms. The highest BCUT2D eigenvalue weighted by Crippen LogP contribution is 2.19. The van der Waals surface area contributed by atoms with E-state index in [0.717, 1.165) is 12.8 Å². The lowest BCUT2D eigenvalue weighted by Crippen LogP contribution is -2.33. The zero-order valence-corrected chi connectivity index (χ0v) is 9.53. The fraction of sp³-hybridized carbons (Fsp3) is 0.636. The number of aromatic amines is 1. The van der Waals surface area contributed by atoms with Crippen LogP contribution in [0.2, 0.25) is 0 Å². The van der Waals surface area contributed by atoms with Gasteiger partial charge in [-0.15, -0.1) is 0 Å². The standard InChI is InChI=1S/C11H16N2O3/c1-7-5-13(11(15)12-10(7)14)6-9-4-3-8(2)16-9/h5,8-9H,3-4,6H2,1-2H3,(H,12,14,15). The van der Waals surface area contributed by atoms with Crippen molar-refractivity contribution in [2.75, 3.05) is 0 Å². The Labute approximate surface area is 93.1 Å². The topological polar surface area (TPSA) is 64.1 Å². The Morgan fingerprint density at radius 3 is 2.88 bits per heavy atom. The maximum Gasteiger partial charge on any atom is 0.328 e. The van der Waals surface area contributed by atoms with Crippen LogP contribution in [-0.4, -0.2) is 21.8 Å². The summed E-state index contributed by atoms with van der Waals surface area (Å²) in [5, 5.41) is 0. The monoisotopic (exact) mass is 224 g/mol. The van der Waals surface area contributed by atoms with Gasteiger partial charge in [0.05, 0.1) is 18.8 Å². The number of aryl methyl sites for hydroxylation is 1. The van der Waals surface area contributed by atoms with Crippen LogP contribution in [0, 0.1) is 6.92 Å². The first kappa shape index (κ1) is 11.1. The van der Waals surface area contributed by atoms with E-state index in [9.17, 15) is 9.59 Å². The second-order valence-electron chi connectivity index (χ2n) is 4.37. The first-order chi connectivity index (χ1) is 7.56. The molecule has 1 aromatic heterocycles. The lowest BCUT2D eigenvalue weighted by atomic mass is 10.2. The van der Waals surface area contributed by atoms with Crippen LogP contribution < -0.4 is 11.2 Å². The van der Waals surface area contributed by atoms with Crippen LogP contribution in [0.1, 0.15) is 25.3 Å². The van der Waals surface area contributed by atoms with Gasteiger partial charge in [0.2, 0.25) is 0 Å². The lowest BCUT2D eigenvalue weighted by molar-refractivity contribution is 0.0449. The molecular formula is C11H16N2O3. The van der Waals surface area contributed by atoms with E-state index in [2.05, 4.69) is 4.98 Å². The van der Waals surface area contributed by atoms with Gasteiger partial charge in [0, 0.05) is 11.8 Å². The van der Waals surface area contributed by atoms with Crippen LogP contribution in [0.25, 0.3) is 0 Å². The number of hydrogen-bond acceptors (Lipinski definition) is 3. The highest BCUT2D eigenvalue weighted by Gasteiger charge is 2.22. The minimum absolute atomic E-state index is 0.0815. The fourth-order valence-corrected chi connectivity index (χ4v) is 1.99. The number of nitrogens with one attached hydrogen (secondary N) is 1. The molecule has 1 saturated heterocycles. The van der Waals surface area contributed by atoms with Crippen molar-refractivity contribution in [1.29, 1.82) is 0 Å². The van der Waals surface area contributed by atoms with Crippen LogP contribution >= 0.6 is 0 Å². The summed E-state index contributed by atoms with van der Waals surface area (Å²) in [4.78, 5) is 25.0. The second kappa shape index (κ2) is 4.25. The molecule has 0 amide bonds. The molecule has 88 valence electrons. The summed E-state index contributed by atoms with van der Waals surface area (Å²) in [6.07, 6.45) is 3.93. The van der Waals surface area contributed by atoms with Crippen molar-refractivity contribution in [2.24, 2.45) is 0 Å². The van der Waals surface area contributed by atoms with E-state index in [1.807, 2.05) is 6.92 Å². The average Bonchev–Trinajstić information content (AvgIpc) is 2.60. The van der Waals surface area contributed by atoms with E-state index >= 15 is 0 Å². The second-order valence-corrected chi connectivity index (χ2v) is 4.37. The maximum absolute atomic E-state index is 11.5. The van der Waals surface area contributed by atoms with Gasteiger partial charge < -0.3 is 4.74 Å². The molecule has 1 aliphatic rings. The molecule has 0 bridgehead atoms. The largest absolute Gasteiger partial charge is 0.373 e. The molecule has 2 unspecified atom stereocenters. The zero-order valence-electron chi connectivity index (χ0n) is 9.53. The Morgan fingerprint density at radius 2 is 2.25 bits per heavy atom. The Morgan fingerprint density at radius 1 is 1.50 bits per heavy atom. The number of H-pyrrole nitrogens is 1. The summed E-state index contributed by atoms with van der Waals surface area (Å²) in [7, 11) is 0. The van der Waals surface area contributed by atoms with Crippen molar-refractivity contribution in [3.63, 3.8) is 0 Å². The summed E-state index contributed by atoms with van der Waals surface area (Å²) < 4.78 is 7.15. The molecule has 1 aromatic rings. The van der Waals surface area contributed by atoms with Crippen LogP contribution in [0.3, 0.4) is 0 Å². The Kier molecular flexibility index (Phi) is 2.96. The molecule has 0 saturated carbocycles. The Balaban J connectivity index is 2.19. The number of rotatable bonds is 2. The molecule has 1 N–H and O–H groups in total. The van der Waals surface area contributed by atoms with E-state index in [1.165, 1.54) is 4.57 Å². The molecule has 1 aliphatic heterocycles. The SMILES string of the molecule is Cc1cn(CC2CCC(C)O2)c(=O)[nH]c1=O. The third kappa shape index (κ3) is 2.24. The van der Waals surface area contributed by atoms with Crippen LogP contribution in [0.4, 0.5) is 0 Å². The predicted octanol–water partition coefficient (Wildman–Crippen LogP) is 0.413. The molecule has 5 heteroatoms. The highest BCUT2D eigenvalue weighted by molar-refractivity contribution is 5.00. The summed E-state index contributed by atoms with van der Waals surface area (Å²) in [5.74, 6) is 0. The van der Waals surface area contributed by atoms with E-state index < -0.39 is 0 Å². The highest BCUT2D eigenvalue weighted by atomic mass is 16.5. The van der Waals surface area contributed by atoms with Crippen molar-refractivity contribution in [2.45, 2.75) is 45.4 Å². The molecule has 2 heterocycles. The molecular weight excluding hydrogens is 208 g/mol. The quantitative estimate of drug-likeness (QED) is 0.791. The molecule has 2 rings (SSSR count). The maximum atomic E-state index is 11.5. The summed E-state index contributed by atoms with van der Waals surface area (Å²) >= 11 is 0.